The second-order valence-corrected chi connectivity index (χ2v) is 7.37. The molecule has 0 aliphatic heterocycles. The van der Waals surface area contributed by atoms with Crippen molar-refractivity contribution in [3.63, 3.8) is 0 Å². The smallest absolute Gasteiger partial charge is 0.0111 e. The van der Waals surface area contributed by atoms with Crippen LogP contribution in [-0.2, 0) is 6.42 Å². The van der Waals surface area contributed by atoms with Gasteiger partial charge in [0.25, 0.3) is 0 Å². The Morgan fingerprint density at radius 2 is 1.61 bits per heavy atom. The minimum absolute atomic E-state index is 0.794. The lowest BCUT2D eigenvalue weighted by molar-refractivity contribution is 0.443. The Morgan fingerprint density at radius 3 is 2.26 bits per heavy atom. The van der Waals surface area contributed by atoms with Gasteiger partial charge >= 0.3 is 0 Å². The Labute approximate surface area is 140 Å². The van der Waals surface area contributed by atoms with E-state index < -0.39 is 0 Å². The molecule has 0 atom stereocenters. The highest BCUT2D eigenvalue weighted by Crippen LogP contribution is 2.45. The first-order valence-electron chi connectivity index (χ1n) is 9.50. The summed E-state index contributed by atoms with van der Waals surface area (Å²) in [6.07, 6.45) is 10.8. The Bertz CT molecular complexity index is 655. The van der Waals surface area contributed by atoms with Crippen LogP contribution >= 0.6 is 0 Å². The van der Waals surface area contributed by atoms with E-state index in [1.165, 1.54) is 61.6 Å². The molecule has 0 heterocycles. The average molecular weight is 303 g/mol. The van der Waals surface area contributed by atoms with Crippen LogP contribution in [0.2, 0.25) is 0 Å². The summed E-state index contributed by atoms with van der Waals surface area (Å²) in [5, 5.41) is 0. The summed E-state index contributed by atoms with van der Waals surface area (Å²) >= 11 is 0. The van der Waals surface area contributed by atoms with Crippen LogP contribution in [0, 0.1) is 6.07 Å². The van der Waals surface area contributed by atoms with E-state index in [0.717, 1.165) is 18.3 Å². The molecule has 2 aliphatic rings. The largest absolute Gasteiger partial charge is 0.0612 e. The highest BCUT2D eigenvalue weighted by Gasteiger charge is 2.27. The van der Waals surface area contributed by atoms with Crippen LogP contribution in [-0.4, -0.2) is 0 Å². The minimum Gasteiger partial charge on any atom is -0.0612 e. The molecule has 0 nitrogen and oxygen atoms in total. The zero-order valence-electron chi connectivity index (χ0n) is 14.3. The second kappa shape index (κ2) is 6.51. The fourth-order valence-electron chi connectivity index (χ4n) is 4.27. The minimum atomic E-state index is 0.794. The standard InChI is InChI=1S/C23H27/c1-2-17-9-6-10-22(20-13-14-20)23(17)21-15-11-19(12-16-21)18-7-4-3-5-8-18/h6,10-12,15-16,18,20H,2-5,7-8,13-14H2,1H3. The topological polar surface area (TPSA) is 0 Å². The van der Waals surface area contributed by atoms with Gasteiger partial charge in [0.1, 0.15) is 0 Å². The molecule has 1 radical (unpaired) electrons. The Kier molecular flexibility index (Phi) is 4.25. The average Bonchev–Trinajstić information content (AvgIpc) is 3.47. The van der Waals surface area contributed by atoms with E-state index in [1.54, 1.807) is 11.1 Å². The fourth-order valence-corrected chi connectivity index (χ4v) is 4.27. The monoisotopic (exact) mass is 303 g/mol. The molecule has 23 heavy (non-hydrogen) atoms. The van der Waals surface area contributed by atoms with Gasteiger partial charge in [0, 0.05) is 0 Å². The summed E-state index contributed by atoms with van der Waals surface area (Å²) < 4.78 is 0. The number of rotatable bonds is 4. The van der Waals surface area contributed by atoms with Gasteiger partial charge in [-0.15, -0.1) is 0 Å². The highest BCUT2D eigenvalue weighted by atomic mass is 14.3. The van der Waals surface area contributed by atoms with Crippen molar-refractivity contribution in [2.75, 3.05) is 0 Å². The lowest BCUT2D eigenvalue weighted by atomic mass is 9.83. The summed E-state index contributed by atoms with van der Waals surface area (Å²) in [4.78, 5) is 0. The molecule has 0 heteroatoms. The number of benzene rings is 2. The number of hydrogen-bond donors (Lipinski definition) is 0. The molecule has 2 fully saturated rings. The maximum Gasteiger partial charge on any atom is -0.0111 e. The van der Waals surface area contributed by atoms with Gasteiger partial charge in [0.15, 0.2) is 0 Å². The maximum atomic E-state index is 3.49. The molecule has 0 aromatic heterocycles. The van der Waals surface area contributed by atoms with Crippen LogP contribution in [0.25, 0.3) is 11.1 Å². The molecular weight excluding hydrogens is 276 g/mol. The third-order valence-electron chi connectivity index (χ3n) is 5.76. The van der Waals surface area contributed by atoms with Gasteiger partial charge in [-0.25, -0.2) is 0 Å². The third kappa shape index (κ3) is 3.09. The van der Waals surface area contributed by atoms with Crippen LogP contribution in [0.1, 0.15) is 80.4 Å². The molecule has 119 valence electrons. The van der Waals surface area contributed by atoms with E-state index in [2.05, 4.69) is 49.4 Å². The molecular formula is C23H27. The van der Waals surface area contributed by atoms with Crippen molar-refractivity contribution in [1.29, 1.82) is 0 Å². The summed E-state index contributed by atoms with van der Waals surface area (Å²) in [6.45, 7) is 2.25. The van der Waals surface area contributed by atoms with Crippen molar-refractivity contribution in [3.05, 3.63) is 59.2 Å². The first kappa shape index (κ1) is 15.0. The molecule has 4 rings (SSSR count). The van der Waals surface area contributed by atoms with E-state index in [4.69, 9.17) is 0 Å². The Morgan fingerprint density at radius 1 is 0.870 bits per heavy atom. The van der Waals surface area contributed by atoms with Crippen LogP contribution in [0.4, 0.5) is 0 Å². The van der Waals surface area contributed by atoms with Gasteiger partial charge in [-0.1, -0.05) is 62.6 Å². The van der Waals surface area contributed by atoms with Gasteiger partial charge < -0.3 is 0 Å². The Hall–Kier alpha value is -1.56. The summed E-state index contributed by atoms with van der Waals surface area (Å²) in [7, 11) is 0. The quantitative estimate of drug-likeness (QED) is 0.593. The van der Waals surface area contributed by atoms with Gasteiger partial charge in [-0.2, -0.15) is 0 Å². The van der Waals surface area contributed by atoms with Gasteiger partial charge in [-0.05, 0) is 77.8 Å². The van der Waals surface area contributed by atoms with Crippen LogP contribution < -0.4 is 0 Å². The Balaban J connectivity index is 1.68. The van der Waals surface area contributed by atoms with Crippen molar-refractivity contribution in [3.8, 4) is 11.1 Å². The van der Waals surface area contributed by atoms with E-state index in [-0.39, 0.29) is 0 Å². The first-order valence-corrected chi connectivity index (χ1v) is 9.50. The molecule has 2 saturated carbocycles. The van der Waals surface area contributed by atoms with Gasteiger partial charge in [0.05, 0.1) is 0 Å². The first-order chi connectivity index (χ1) is 11.4. The molecule has 0 N–H and O–H groups in total. The second-order valence-electron chi connectivity index (χ2n) is 7.37. The molecule has 0 unspecified atom stereocenters. The molecule has 0 saturated heterocycles. The van der Waals surface area contributed by atoms with E-state index in [1.807, 2.05) is 0 Å². The van der Waals surface area contributed by atoms with Crippen LogP contribution in [0.5, 0.6) is 0 Å². The molecule has 2 aromatic rings. The van der Waals surface area contributed by atoms with E-state index in [0.29, 0.717) is 0 Å². The zero-order valence-corrected chi connectivity index (χ0v) is 14.3. The zero-order chi connectivity index (χ0) is 15.6. The van der Waals surface area contributed by atoms with E-state index in [9.17, 15) is 0 Å². The van der Waals surface area contributed by atoms with E-state index >= 15 is 0 Å². The summed E-state index contributed by atoms with van der Waals surface area (Å²) in [6, 6.07) is 17.5. The fraction of sp³-hybridized carbons (Fsp3) is 0.478. The van der Waals surface area contributed by atoms with Gasteiger partial charge in [0.2, 0.25) is 0 Å². The predicted octanol–water partition coefficient (Wildman–Crippen LogP) is 6.64. The molecule has 0 spiro atoms. The lowest BCUT2D eigenvalue weighted by Crippen LogP contribution is -2.04. The molecule has 2 aliphatic carbocycles. The summed E-state index contributed by atoms with van der Waals surface area (Å²) in [5.74, 6) is 1.59. The summed E-state index contributed by atoms with van der Waals surface area (Å²) in [5.41, 5.74) is 7.39. The number of aryl methyl sites for hydroxylation is 1. The van der Waals surface area contributed by atoms with Crippen LogP contribution in [0.3, 0.4) is 0 Å². The normalized spacial score (nSPS) is 19.0. The van der Waals surface area contributed by atoms with Crippen LogP contribution in [0.15, 0.2) is 36.4 Å². The van der Waals surface area contributed by atoms with Crippen molar-refractivity contribution in [1.82, 2.24) is 0 Å². The highest BCUT2D eigenvalue weighted by molar-refractivity contribution is 5.72. The third-order valence-corrected chi connectivity index (χ3v) is 5.76. The number of hydrogen-bond acceptors (Lipinski definition) is 0. The van der Waals surface area contributed by atoms with Crippen molar-refractivity contribution in [2.24, 2.45) is 0 Å². The molecule has 2 aromatic carbocycles. The SMILES string of the molecule is CCc1[c]ccc(C2CC2)c1-c1ccc(C2CCCCC2)cc1. The van der Waals surface area contributed by atoms with Gasteiger partial charge in [-0.3, -0.25) is 0 Å². The lowest BCUT2D eigenvalue weighted by Gasteiger charge is -2.22. The predicted molar refractivity (Wildman–Crippen MR) is 97.9 cm³/mol. The van der Waals surface area contributed by atoms with Crippen molar-refractivity contribution >= 4 is 0 Å². The van der Waals surface area contributed by atoms with Crippen molar-refractivity contribution < 1.29 is 0 Å². The molecule has 0 bridgehead atoms. The molecule has 0 amide bonds. The van der Waals surface area contributed by atoms with Crippen molar-refractivity contribution in [2.45, 2.75) is 70.1 Å². The maximum absolute atomic E-state index is 3.49.